The van der Waals surface area contributed by atoms with Crippen molar-refractivity contribution in [1.82, 2.24) is 14.3 Å². The van der Waals surface area contributed by atoms with Gasteiger partial charge in [-0.2, -0.15) is 23.0 Å². The Balaban J connectivity index is 1.88. The molecule has 0 spiro atoms. The van der Waals surface area contributed by atoms with E-state index in [4.69, 9.17) is 5.73 Å². The molecule has 2 aromatic carbocycles. The zero-order valence-corrected chi connectivity index (χ0v) is 13.3. The first kappa shape index (κ1) is 16.8. The molecule has 0 bridgehead atoms. The molecule has 3 aromatic rings. The summed E-state index contributed by atoms with van der Waals surface area (Å²) in [7, 11) is 0. The van der Waals surface area contributed by atoms with Crippen LogP contribution in [0.5, 0.6) is 0 Å². The standard InChI is InChI=1S/C17H15F3N4O/c1-11-8-12(2-7-15(11)21)9-23-10-22-24(16(23)25)14-5-3-13(4-6-14)17(18,19)20/h2-8,10H,9,21H2,1H3. The quantitative estimate of drug-likeness (QED) is 0.740. The van der Waals surface area contributed by atoms with Gasteiger partial charge in [0.2, 0.25) is 0 Å². The Labute approximate surface area is 141 Å². The van der Waals surface area contributed by atoms with Crippen LogP contribution < -0.4 is 11.4 Å². The minimum absolute atomic E-state index is 0.269. The van der Waals surface area contributed by atoms with Crippen LogP contribution in [0.2, 0.25) is 0 Å². The van der Waals surface area contributed by atoms with Crippen LogP contribution in [0.1, 0.15) is 16.7 Å². The zero-order valence-electron chi connectivity index (χ0n) is 13.3. The van der Waals surface area contributed by atoms with Crippen LogP contribution in [-0.2, 0) is 12.7 Å². The maximum atomic E-state index is 12.6. The summed E-state index contributed by atoms with van der Waals surface area (Å²) in [5.74, 6) is 0. The smallest absolute Gasteiger partial charge is 0.399 e. The highest BCUT2D eigenvalue weighted by atomic mass is 19.4. The number of anilines is 1. The fourth-order valence-corrected chi connectivity index (χ4v) is 2.44. The van der Waals surface area contributed by atoms with Crippen molar-refractivity contribution < 1.29 is 13.2 Å². The number of nitrogens with two attached hydrogens (primary N) is 1. The molecule has 0 amide bonds. The third kappa shape index (κ3) is 3.42. The van der Waals surface area contributed by atoms with E-state index in [0.29, 0.717) is 12.2 Å². The Kier molecular flexibility index (Phi) is 4.12. The first-order valence-electron chi connectivity index (χ1n) is 7.43. The molecule has 0 fully saturated rings. The van der Waals surface area contributed by atoms with Crippen molar-refractivity contribution in [2.24, 2.45) is 0 Å². The lowest BCUT2D eigenvalue weighted by Gasteiger charge is -2.07. The predicted molar refractivity (Wildman–Crippen MR) is 87.5 cm³/mol. The van der Waals surface area contributed by atoms with E-state index in [1.807, 2.05) is 19.1 Å². The van der Waals surface area contributed by atoms with Crippen molar-refractivity contribution in [3.63, 3.8) is 0 Å². The molecule has 0 saturated carbocycles. The van der Waals surface area contributed by atoms with Gasteiger partial charge in [-0.25, -0.2) is 4.79 Å². The average molecular weight is 348 g/mol. The number of nitrogens with zero attached hydrogens (tertiary/aromatic N) is 3. The summed E-state index contributed by atoms with van der Waals surface area (Å²) in [5, 5.41) is 3.98. The van der Waals surface area contributed by atoms with Crippen molar-refractivity contribution in [3.05, 3.63) is 76.0 Å². The fourth-order valence-electron chi connectivity index (χ4n) is 2.44. The van der Waals surface area contributed by atoms with E-state index in [1.54, 1.807) is 6.07 Å². The summed E-state index contributed by atoms with van der Waals surface area (Å²) in [6.45, 7) is 2.16. The van der Waals surface area contributed by atoms with Gasteiger partial charge in [0.05, 0.1) is 17.8 Å². The maximum absolute atomic E-state index is 12.6. The molecule has 25 heavy (non-hydrogen) atoms. The second kappa shape index (κ2) is 6.12. The Bertz CT molecular complexity index is 955. The fraction of sp³-hybridized carbons (Fsp3) is 0.176. The lowest BCUT2D eigenvalue weighted by Crippen LogP contribution is -2.24. The number of rotatable bonds is 3. The summed E-state index contributed by atoms with van der Waals surface area (Å²) >= 11 is 0. The van der Waals surface area contributed by atoms with E-state index in [2.05, 4.69) is 5.10 Å². The highest BCUT2D eigenvalue weighted by Crippen LogP contribution is 2.29. The normalized spacial score (nSPS) is 11.7. The molecule has 0 atom stereocenters. The molecule has 0 aliphatic carbocycles. The van der Waals surface area contributed by atoms with Crippen molar-refractivity contribution in [2.45, 2.75) is 19.6 Å². The minimum Gasteiger partial charge on any atom is -0.399 e. The van der Waals surface area contributed by atoms with E-state index >= 15 is 0 Å². The van der Waals surface area contributed by atoms with E-state index in [0.717, 1.165) is 27.9 Å². The van der Waals surface area contributed by atoms with Crippen molar-refractivity contribution in [2.75, 3.05) is 5.73 Å². The lowest BCUT2D eigenvalue weighted by molar-refractivity contribution is -0.137. The average Bonchev–Trinajstić information content (AvgIpc) is 2.91. The van der Waals surface area contributed by atoms with Crippen LogP contribution in [0.3, 0.4) is 0 Å². The van der Waals surface area contributed by atoms with Gasteiger partial charge in [-0.1, -0.05) is 12.1 Å². The topological polar surface area (TPSA) is 65.8 Å². The van der Waals surface area contributed by atoms with Gasteiger partial charge < -0.3 is 5.73 Å². The molecule has 1 aromatic heterocycles. The Morgan fingerprint density at radius 3 is 2.40 bits per heavy atom. The molecular formula is C17H15F3N4O. The summed E-state index contributed by atoms with van der Waals surface area (Å²) in [5.41, 5.74) is 7.27. The van der Waals surface area contributed by atoms with Crippen LogP contribution in [-0.4, -0.2) is 14.3 Å². The molecule has 2 N–H and O–H groups in total. The summed E-state index contributed by atoms with van der Waals surface area (Å²) < 4.78 is 40.3. The molecule has 0 saturated heterocycles. The first-order chi connectivity index (χ1) is 11.8. The van der Waals surface area contributed by atoms with Crippen LogP contribution in [0.15, 0.2) is 53.6 Å². The van der Waals surface area contributed by atoms with Crippen molar-refractivity contribution >= 4 is 5.69 Å². The number of hydrogen-bond donors (Lipinski definition) is 1. The van der Waals surface area contributed by atoms with Gasteiger partial charge in [-0.3, -0.25) is 4.57 Å². The van der Waals surface area contributed by atoms with Crippen LogP contribution in [0, 0.1) is 6.92 Å². The number of benzene rings is 2. The monoisotopic (exact) mass is 348 g/mol. The molecule has 0 unspecified atom stereocenters. The van der Waals surface area contributed by atoms with Gasteiger partial charge in [0.15, 0.2) is 0 Å². The largest absolute Gasteiger partial charge is 0.416 e. The molecular weight excluding hydrogens is 333 g/mol. The Morgan fingerprint density at radius 1 is 1.12 bits per heavy atom. The summed E-state index contributed by atoms with van der Waals surface area (Å²) in [4.78, 5) is 12.4. The second-order valence-corrected chi connectivity index (χ2v) is 5.69. The maximum Gasteiger partial charge on any atom is 0.416 e. The molecule has 5 nitrogen and oxygen atoms in total. The summed E-state index contributed by atoms with van der Waals surface area (Å²) in [6.07, 6.45) is -3.07. The molecule has 8 heteroatoms. The molecule has 0 aliphatic heterocycles. The van der Waals surface area contributed by atoms with Gasteiger partial charge in [0.25, 0.3) is 0 Å². The van der Waals surface area contributed by atoms with E-state index < -0.39 is 17.4 Å². The highest BCUT2D eigenvalue weighted by molar-refractivity contribution is 5.47. The van der Waals surface area contributed by atoms with Gasteiger partial charge in [0, 0.05) is 5.69 Å². The minimum atomic E-state index is -4.42. The zero-order chi connectivity index (χ0) is 18.2. The van der Waals surface area contributed by atoms with Gasteiger partial charge >= 0.3 is 11.9 Å². The van der Waals surface area contributed by atoms with Crippen LogP contribution in [0.4, 0.5) is 18.9 Å². The lowest BCUT2D eigenvalue weighted by atomic mass is 10.1. The van der Waals surface area contributed by atoms with Gasteiger partial charge in [-0.15, -0.1) is 0 Å². The highest BCUT2D eigenvalue weighted by Gasteiger charge is 2.30. The summed E-state index contributed by atoms with van der Waals surface area (Å²) in [6, 6.07) is 9.72. The van der Waals surface area contributed by atoms with Crippen LogP contribution in [0.25, 0.3) is 5.69 Å². The Hall–Kier alpha value is -3.03. The van der Waals surface area contributed by atoms with E-state index in [9.17, 15) is 18.0 Å². The number of hydrogen-bond acceptors (Lipinski definition) is 3. The second-order valence-electron chi connectivity index (χ2n) is 5.69. The van der Waals surface area contributed by atoms with Gasteiger partial charge in [-0.05, 0) is 48.4 Å². The third-order valence-corrected chi connectivity index (χ3v) is 3.86. The van der Waals surface area contributed by atoms with Crippen LogP contribution >= 0.6 is 0 Å². The number of aryl methyl sites for hydroxylation is 1. The number of aromatic nitrogens is 3. The number of alkyl halides is 3. The predicted octanol–water partition coefficient (Wildman–Crippen LogP) is 2.99. The Morgan fingerprint density at radius 2 is 1.80 bits per heavy atom. The van der Waals surface area contributed by atoms with Crippen molar-refractivity contribution in [3.8, 4) is 5.69 Å². The molecule has 0 aliphatic rings. The SMILES string of the molecule is Cc1cc(Cn2cnn(-c3ccc(C(F)(F)F)cc3)c2=O)ccc1N. The molecule has 3 rings (SSSR count). The van der Waals surface area contributed by atoms with Gasteiger partial charge in [0.1, 0.15) is 6.33 Å². The molecule has 0 radical (unpaired) electrons. The van der Waals surface area contributed by atoms with E-state index in [-0.39, 0.29) is 5.69 Å². The number of halogens is 3. The molecule has 1 heterocycles. The number of nitrogen functional groups attached to an aromatic ring is 1. The van der Waals surface area contributed by atoms with E-state index in [1.165, 1.54) is 23.0 Å². The first-order valence-corrected chi connectivity index (χ1v) is 7.43. The van der Waals surface area contributed by atoms with Crippen molar-refractivity contribution in [1.29, 1.82) is 0 Å². The third-order valence-electron chi connectivity index (χ3n) is 3.86. The molecule has 130 valence electrons.